The Morgan fingerprint density at radius 2 is 2.00 bits per heavy atom. The summed E-state index contributed by atoms with van der Waals surface area (Å²) in [6, 6.07) is 15.6. The van der Waals surface area contributed by atoms with Gasteiger partial charge in [-0.15, -0.1) is 0 Å². The third kappa shape index (κ3) is 3.15. The highest BCUT2D eigenvalue weighted by molar-refractivity contribution is 5.78. The van der Waals surface area contributed by atoms with Gasteiger partial charge in [0.15, 0.2) is 0 Å². The first-order valence-corrected chi connectivity index (χ1v) is 8.13. The third-order valence-corrected chi connectivity index (χ3v) is 4.33. The molecule has 0 N–H and O–H groups in total. The molecule has 0 spiro atoms. The van der Waals surface area contributed by atoms with Gasteiger partial charge >= 0.3 is 0 Å². The predicted octanol–water partition coefficient (Wildman–Crippen LogP) is 3.74. The predicted molar refractivity (Wildman–Crippen MR) is 88.7 cm³/mol. The number of amides is 1. The van der Waals surface area contributed by atoms with Gasteiger partial charge in [-0.05, 0) is 24.1 Å². The molecule has 0 radical (unpaired) electrons. The molecule has 1 aliphatic heterocycles. The molecular weight excluding hydrogens is 321 g/mol. The Bertz CT molecular complexity index is 894. The first kappa shape index (κ1) is 15.5. The summed E-state index contributed by atoms with van der Waals surface area (Å²) >= 11 is 0. The molecule has 2 aromatic carbocycles. The highest BCUT2D eigenvalue weighted by atomic mass is 19.1. The van der Waals surface area contributed by atoms with E-state index in [0.717, 1.165) is 5.56 Å². The zero-order valence-corrected chi connectivity index (χ0v) is 13.4. The fourth-order valence-corrected chi connectivity index (χ4v) is 3.08. The molecule has 1 fully saturated rings. The normalized spacial score (nSPS) is 17.2. The van der Waals surface area contributed by atoms with Crippen molar-refractivity contribution in [1.82, 2.24) is 15.0 Å². The standard InChI is InChI=1S/C19H16FN3O2/c20-15-8-4-7-14(11-15)18-21-19(25-22-18)16-9-10-17(24)23(16)12-13-5-2-1-3-6-13/h1-8,11,16H,9-10,12H2. The van der Waals surface area contributed by atoms with Crippen LogP contribution in [0.5, 0.6) is 0 Å². The van der Waals surface area contributed by atoms with Gasteiger partial charge in [0.2, 0.25) is 17.6 Å². The molecule has 4 rings (SSSR count). The molecule has 1 aromatic heterocycles. The molecule has 1 amide bonds. The van der Waals surface area contributed by atoms with Crippen LogP contribution in [0.3, 0.4) is 0 Å². The van der Waals surface area contributed by atoms with E-state index in [1.54, 1.807) is 17.0 Å². The number of likely N-dealkylation sites (tertiary alicyclic amines) is 1. The first-order valence-electron chi connectivity index (χ1n) is 8.13. The van der Waals surface area contributed by atoms with Gasteiger partial charge in [0.05, 0.1) is 0 Å². The first-order chi connectivity index (χ1) is 12.2. The van der Waals surface area contributed by atoms with Gasteiger partial charge in [0.1, 0.15) is 11.9 Å². The summed E-state index contributed by atoms with van der Waals surface area (Å²) in [5.41, 5.74) is 1.60. The summed E-state index contributed by atoms with van der Waals surface area (Å²) in [6.07, 6.45) is 1.09. The van der Waals surface area contributed by atoms with Crippen LogP contribution in [0.1, 0.15) is 30.3 Å². The molecule has 1 aliphatic rings. The number of nitrogens with zero attached hydrogens (tertiary/aromatic N) is 3. The molecule has 0 aliphatic carbocycles. The molecule has 2 heterocycles. The Morgan fingerprint density at radius 3 is 2.80 bits per heavy atom. The van der Waals surface area contributed by atoms with Gasteiger partial charge in [-0.1, -0.05) is 47.6 Å². The second kappa shape index (κ2) is 6.47. The van der Waals surface area contributed by atoms with E-state index in [1.807, 2.05) is 30.3 Å². The third-order valence-electron chi connectivity index (χ3n) is 4.33. The Balaban J connectivity index is 1.59. The fraction of sp³-hybridized carbons (Fsp3) is 0.211. The van der Waals surface area contributed by atoms with E-state index >= 15 is 0 Å². The summed E-state index contributed by atoms with van der Waals surface area (Å²) in [7, 11) is 0. The van der Waals surface area contributed by atoms with Crippen molar-refractivity contribution in [1.29, 1.82) is 0 Å². The van der Waals surface area contributed by atoms with Crippen LogP contribution in [0.2, 0.25) is 0 Å². The van der Waals surface area contributed by atoms with E-state index in [-0.39, 0.29) is 17.8 Å². The molecule has 0 saturated carbocycles. The lowest BCUT2D eigenvalue weighted by Crippen LogP contribution is -2.27. The van der Waals surface area contributed by atoms with E-state index in [0.29, 0.717) is 36.7 Å². The van der Waals surface area contributed by atoms with Crippen molar-refractivity contribution in [3.63, 3.8) is 0 Å². The molecule has 0 bridgehead atoms. The Hall–Kier alpha value is -3.02. The Labute approximate surface area is 144 Å². The molecule has 3 aromatic rings. The number of carbonyl (C=O) groups is 1. The van der Waals surface area contributed by atoms with Crippen LogP contribution in [-0.2, 0) is 11.3 Å². The van der Waals surface area contributed by atoms with E-state index in [1.165, 1.54) is 12.1 Å². The maximum atomic E-state index is 13.4. The lowest BCUT2D eigenvalue weighted by atomic mass is 10.1. The monoisotopic (exact) mass is 337 g/mol. The van der Waals surface area contributed by atoms with Gasteiger partial charge < -0.3 is 9.42 Å². The van der Waals surface area contributed by atoms with Crippen molar-refractivity contribution in [2.75, 3.05) is 0 Å². The molecule has 6 heteroatoms. The van der Waals surface area contributed by atoms with Crippen molar-refractivity contribution in [3.05, 3.63) is 71.9 Å². The molecule has 126 valence electrons. The van der Waals surface area contributed by atoms with Gasteiger partial charge in [-0.3, -0.25) is 4.79 Å². The summed E-state index contributed by atoms with van der Waals surface area (Å²) in [5, 5.41) is 3.95. The zero-order valence-electron chi connectivity index (χ0n) is 13.4. The highest BCUT2D eigenvalue weighted by Crippen LogP contribution is 2.34. The largest absolute Gasteiger partial charge is 0.337 e. The summed E-state index contributed by atoms with van der Waals surface area (Å²) in [4.78, 5) is 18.4. The van der Waals surface area contributed by atoms with Crippen molar-refractivity contribution >= 4 is 5.91 Å². The van der Waals surface area contributed by atoms with Crippen molar-refractivity contribution in [2.24, 2.45) is 0 Å². The number of rotatable bonds is 4. The number of hydrogen-bond donors (Lipinski definition) is 0. The second-order valence-corrected chi connectivity index (χ2v) is 6.03. The topological polar surface area (TPSA) is 59.2 Å². The van der Waals surface area contributed by atoms with E-state index in [9.17, 15) is 9.18 Å². The quantitative estimate of drug-likeness (QED) is 0.728. The van der Waals surface area contributed by atoms with E-state index in [2.05, 4.69) is 10.1 Å². The molecule has 5 nitrogen and oxygen atoms in total. The molecule has 1 saturated heterocycles. The number of hydrogen-bond acceptors (Lipinski definition) is 4. The Kier molecular flexibility index (Phi) is 4.01. The summed E-state index contributed by atoms with van der Waals surface area (Å²) in [5.74, 6) is 0.430. The van der Waals surface area contributed by atoms with Crippen LogP contribution in [-0.4, -0.2) is 20.9 Å². The van der Waals surface area contributed by atoms with Crippen LogP contribution in [0.4, 0.5) is 4.39 Å². The van der Waals surface area contributed by atoms with Crippen molar-refractivity contribution < 1.29 is 13.7 Å². The van der Waals surface area contributed by atoms with Crippen molar-refractivity contribution in [2.45, 2.75) is 25.4 Å². The smallest absolute Gasteiger partial charge is 0.249 e. The van der Waals surface area contributed by atoms with Crippen LogP contribution in [0.25, 0.3) is 11.4 Å². The van der Waals surface area contributed by atoms with E-state index in [4.69, 9.17) is 4.52 Å². The van der Waals surface area contributed by atoms with Crippen molar-refractivity contribution in [3.8, 4) is 11.4 Å². The van der Waals surface area contributed by atoms with Gasteiger partial charge in [-0.2, -0.15) is 4.98 Å². The van der Waals surface area contributed by atoms with Gasteiger partial charge in [0.25, 0.3) is 0 Å². The summed E-state index contributed by atoms with van der Waals surface area (Å²) in [6.45, 7) is 0.502. The van der Waals surface area contributed by atoms with Crippen LogP contribution in [0, 0.1) is 5.82 Å². The van der Waals surface area contributed by atoms with Crippen LogP contribution in [0.15, 0.2) is 59.1 Å². The average molecular weight is 337 g/mol. The summed E-state index contributed by atoms with van der Waals surface area (Å²) < 4.78 is 18.8. The number of aromatic nitrogens is 2. The van der Waals surface area contributed by atoms with Crippen LogP contribution >= 0.6 is 0 Å². The lowest BCUT2D eigenvalue weighted by molar-refractivity contribution is -0.129. The minimum absolute atomic E-state index is 0.0689. The lowest BCUT2D eigenvalue weighted by Gasteiger charge is -2.22. The molecular formula is C19H16FN3O2. The Morgan fingerprint density at radius 1 is 1.16 bits per heavy atom. The number of halogens is 1. The fourth-order valence-electron chi connectivity index (χ4n) is 3.08. The van der Waals surface area contributed by atoms with Gasteiger partial charge in [-0.25, -0.2) is 4.39 Å². The van der Waals surface area contributed by atoms with Gasteiger partial charge in [0, 0.05) is 18.5 Å². The second-order valence-electron chi connectivity index (χ2n) is 6.03. The van der Waals surface area contributed by atoms with Crippen LogP contribution < -0.4 is 0 Å². The molecule has 1 atom stereocenters. The number of benzene rings is 2. The zero-order chi connectivity index (χ0) is 17.2. The number of carbonyl (C=O) groups excluding carboxylic acids is 1. The SMILES string of the molecule is O=C1CCC(c2nc(-c3cccc(F)c3)no2)N1Cc1ccccc1. The van der Waals surface area contributed by atoms with E-state index < -0.39 is 0 Å². The minimum Gasteiger partial charge on any atom is -0.337 e. The minimum atomic E-state index is -0.356. The highest BCUT2D eigenvalue weighted by Gasteiger charge is 2.35. The molecule has 1 unspecified atom stereocenters. The maximum Gasteiger partial charge on any atom is 0.249 e. The molecule has 25 heavy (non-hydrogen) atoms. The maximum absolute atomic E-state index is 13.4. The average Bonchev–Trinajstić information content (AvgIpc) is 3.24.